The summed E-state index contributed by atoms with van der Waals surface area (Å²) in [5.74, 6) is 1.02. The van der Waals surface area contributed by atoms with Crippen LogP contribution in [0.3, 0.4) is 0 Å². The van der Waals surface area contributed by atoms with Gasteiger partial charge in [0.25, 0.3) is 0 Å². The Morgan fingerprint density at radius 1 is 1.04 bits per heavy atom. The van der Waals surface area contributed by atoms with E-state index in [-0.39, 0.29) is 27.3 Å². The molecule has 2 saturated heterocycles. The lowest BCUT2D eigenvalue weighted by atomic mass is 9.63. The molecule has 2 aromatic carbocycles. The number of imidazole rings is 1. The van der Waals surface area contributed by atoms with Gasteiger partial charge in [-0.3, -0.25) is 4.68 Å². The molecular formula is C38H52N8O3S. The Labute approximate surface area is 297 Å². The van der Waals surface area contributed by atoms with Gasteiger partial charge in [-0.05, 0) is 74.5 Å². The molecule has 4 aromatic rings. The number of hydrogen-bond acceptors (Lipinski definition) is 7. The number of aromatic nitrogens is 4. The van der Waals surface area contributed by atoms with Crippen LogP contribution in [0, 0.1) is 11.8 Å². The first-order valence-electron chi connectivity index (χ1n) is 17.9. The minimum absolute atomic E-state index is 0.0388. The molecule has 4 heterocycles. The fraction of sp³-hybridized carbons (Fsp3) is 0.500. The van der Waals surface area contributed by atoms with Gasteiger partial charge in [-0.15, -0.1) is 0 Å². The summed E-state index contributed by atoms with van der Waals surface area (Å²) < 4.78 is 29.7. The molecule has 2 aliphatic heterocycles. The van der Waals surface area contributed by atoms with Gasteiger partial charge in [0.2, 0.25) is 9.84 Å². The van der Waals surface area contributed by atoms with Crippen LogP contribution in [0.25, 0.3) is 0 Å². The van der Waals surface area contributed by atoms with E-state index in [1.54, 1.807) is 38.2 Å². The zero-order valence-electron chi connectivity index (χ0n) is 29.9. The van der Waals surface area contributed by atoms with Crippen LogP contribution in [-0.4, -0.2) is 96.4 Å². The molecule has 1 N–H and O–H groups in total. The Balaban J connectivity index is 1.11. The normalized spacial score (nSPS) is 18.0. The fourth-order valence-corrected chi connectivity index (χ4v) is 9.28. The molecule has 0 aliphatic carbocycles. The van der Waals surface area contributed by atoms with Crippen LogP contribution >= 0.6 is 0 Å². The summed E-state index contributed by atoms with van der Waals surface area (Å²) in [5.41, 5.74) is 2.22. The van der Waals surface area contributed by atoms with Crippen LogP contribution in [0.15, 0.2) is 95.5 Å². The first-order valence-corrected chi connectivity index (χ1v) is 19.4. The highest BCUT2D eigenvalue weighted by molar-refractivity contribution is 7.91. The minimum Gasteiger partial charge on any atom is -0.371 e. The van der Waals surface area contributed by atoms with E-state index in [2.05, 4.69) is 73.2 Å². The van der Waals surface area contributed by atoms with Crippen LogP contribution in [-0.2, 0) is 28.8 Å². The lowest BCUT2D eigenvalue weighted by molar-refractivity contribution is 0.0865. The number of aryl methyl sites for hydroxylation is 1. The van der Waals surface area contributed by atoms with Gasteiger partial charge in [0.1, 0.15) is 4.90 Å². The fourth-order valence-electron chi connectivity index (χ4n) is 8.04. The number of likely N-dealkylation sites (tertiary alicyclic amines) is 1. The summed E-state index contributed by atoms with van der Waals surface area (Å²) in [5, 5.41) is 7.38. The third-order valence-electron chi connectivity index (χ3n) is 10.7. The first kappa shape index (κ1) is 35.7. The van der Waals surface area contributed by atoms with Crippen LogP contribution in [0.1, 0.15) is 44.6 Å². The average molecular weight is 701 g/mol. The number of hydrogen-bond donors (Lipinski definition) is 1. The van der Waals surface area contributed by atoms with Crippen LogP contribution in [0.4, 0.5) is 10.5 Å². The van der Waals surface area contributed by atoms with Crippen LogP contribution in [0.2, 0.25) is 0 Å². The zero-order valence-corrected chi connectivity index (χ0v) is 30.7. The second-order valence-corrected chi connectivity index (χ2v) is 16.4. The molecule has 1 unspecified atom stereocenters. The maximum absolute atomic E-state index is 13.0. The van der Waals surface area contributed by atoms with Crippen molar-refractivity contribution in [3.63, 3.8) is 0 Å². The molecule has 0 radical (unpaired) electrons. The molecule has 0 saturated carbocycles. The van der Waals surface area contributed by atoms with E-state index in [0.29, 0.717) is 11.8 Å². The van der Waals surface area contributed by atoms with E-state index < -0.39 is 9.84 Å². The monoisotopic (exact) mass is 700 g/mol. The number of benzene rings is 2. The van der Waals surface area contributed by atoms with Gasteiger partial charge in [-0.1, -0.05) is 43.7 Å². The topological polar surface area (TPSA) is 109 Å². The molecule has 2 fully saturated rings. The zero-order chi connectivity index (χ0) is 35.3. The van der Waals surface area contributed by atoms with Crippen molar-refractivity contribution in [1.82, 2.24) is 34.4 Å². The van der Waals surface area contributed by atoms with Gasteiger partial charge in [0.05, 0.1) is 17.4 Å². The maximum atomic E-state index is 13.0. The van der Waals surface area contributed by atoms with Gasteiger partial charge < -0.3 is 24.6 Å². The number of piperidine rings is 1. The number of rotatable bonds is 14. The molecule has 11 nitrogen and oxygen atoms in total. The van der Waals surface area contributed by atoms with Crippen molar-refractivity contribution >= 4 is 21.6 Å². The number of amides is 2. The molecule has 6 rings (SSSR count). The quantitative estimate of drug-likeness (QED) is 0.196. The number of nitrogens with zero attached hydrogens (tertiary/aromatic N) is 7. The van der Waals surface area contributed by atoms with Crippen LogP contribution in [0.5, 0.6) is 0 Å². The highest BCUT2D eigenvalue weighted by Gasteiger charge is 2.44. The number of nitrogens with one attached hydrogen (secondary N) is 1. The second kappa shape index (κ2) is 15.4. The van der Waals surface area contributed by atoms with Gasteiger partial charge in [0.15, 0.2) is 0 Å². The number of carbonyl (C=O) groups is 1. The molecular weight excluding hydrogens is 649 g/mol. The Morgan fingerprint density at radius 3 is 2.36 bits per heavy atom. The highest BCUT2D eigenvalue weighted by Crippen LogP contribution is 2.44. The highest BCUT2D eigenvalue weighted by atomic mass is 32.2. The lowest BCUT2D eigenvalue weighted by Gasteiger charge is -2.49. The van der Waals surface area contributed by atoms with E-state index in [4.69, 9.17) is 0 Å². The van der Waals surface area contributed by atoms with E-state index in [1.165, 1.54) is 22.6 Å². The Kier molecular flexibility index (Phi) is 11.0. The van der Waals surface area contributed by atoms with E-state index in [9.17, 15) is 13.2 Å². The Hall–Kier alpha value is -4.16. The molecule has 12 heteroatoms. The van der Waals surface area contributed by atoms with Gasteiger partial charge in [-0.25, -0.2) is 18.2 Å². The molecule has 268 valence electrons. The van der Waals surface area contributed by atoms with Crippen molar-refractivity contribution in [2.45, 2.75) is 66.8 Å². The first-order chi connectivity index (χ1) is 24.1. The molecule has 2 atom stereocenters. The molecule has 2 aromatic heterocycles. The van der Waals surface area contributed by atoms with Gasteiger partial charge in [-0.2, -0.15) is 5.10 Å². The summed E-state index contributed by atoms with van der Waals surface area (Å²) >= 11 is 0. The van der Waals surface area contributed by atoms with Crippen molar-refractivity contribution < 1.29 is 13.2 Å². The van der Waals surface area contributed by atoms with Gasteiger partial charge >= 0.3 is 6.03 Å². The Bertz CT molecular complexity index is 1780. The largest absolute Gasteiger partial charge is 0.371 e. The minimum atomic E-state index is -3.58. The number of carbonyl (C=O) groups excluding carboxylic acids is 1. The number of urea groups is 1. The van der Waals surface area contributed by atoms with E-state index in [1.807, 2.05) is 24.7 Å². The average Bonchev–Trinajstić information content (AvgIpc) is 3.79. The molecule has 2 aliphatic rings. The number of sulfone groups is 1. The molecule has 2 amide bonds. The van der Waals surface area contributed by atoms with Crippen molar-refractivity contribution in [3.8, 4) is 0 Å². The summed E-state index contributed by atoms with van der Waals surface area (Å²) in [6.45, 7) is 8.10. The van der Waals surface area contributed by atoms with Crippen molar-refractivity contribution in [2.75, 3.05) is 51.7 Å². The molecule has 0 spiro atoms. The van der Waals surface area contributed by atoms with Crippen molar-refractivity contribution in [1.29, 1.82) is 0 Å². The Morgan fingerprint density at radius 2 is 1.76 bits per heavy atom. The predicted molar refractivity (Wildman–Crippen MR) is 196 cm³/mol. The third-order valence-corrected chi connectivity index (χ3v) is 12.4. The summed E-state index contributed by atoms with van der Waals surface area (Å²) in [7, 11) is 1.74. The van der Waals surface area contributed by atoms with Crippen LogP contribution < -0.4 is 10.2 Å². The van der Waals surface area contributed by atoms with Gasteiger partial charge in [0, 0.05) is 89.0 Å². The smallest absolute Gasteiger partial charge is 0.317 e. The summed E-state index contributed by atoms with van der Waals surface area (Å²) in [6, 6.07) is 18.2. The van der Waals surface area contributed by atoms with Crippen molar-refractivity contribution in [3.05, 3.63) is 91.3 Å². The van der Waals surface area contributed by atoms with E-state index in [0.717, 1.165) is 77.1 Å². The summed E-state index contributed by atoms with van der Waals surface area (Å²) in [6.07, 6.45) is 13.7. The van der Waals surface area contributed by atoms with E-state index >= 15 is 0 Å². The predicted octanol–water partition coefficient (Wildman–Crippen LogP) is 5.07. The lowest BCUT2D eigenvalue weighted by Crippen LogP contribution is -2.54. The second-order valence-electron chi connectivity index (χ2n) is 14.5. The SMILES string of the molecule is CCC[C@H](CC(Cn1ccnc1)(c1ccccc1)C1CCN(CC2CN(c3ccc(S(=O)(=O)c4cnn(C)c4)cc3)C2)CC1)NC(=O)N(C)C. The number of anilines is 1. The summed E-state index contributed by atoms with van der Waals surface area (Å²) in [4.78, 5) is 24.4. The molecule has 50 heavy (non-hydrogen) atoms. The maximum Gasteiger partial charge on any atom is 0.317 e. The van der Waals surface area contributed by atoms with Crippen molar-refractivity contribution in [2.24, 2.45) is 18.9 Å². The molecule has 0 bridgehead atoms. The third kappa shape index (κ3) is 7.91. The standard InChI is InChI=1S/C38H52N8O3S/c1-5-9-33(41-37(47)42(2)3)22-38(28-45-21-18-39-29-45,31-10-7-6-8-11-31)32-16-19-44(20-17-32)24-30-25-46(26-30)34-12-14-35(15-13-34)50(48,49)36-23-40-43(4)27-36/h6-8,10-15,18,21,23,27,29-30,32-33H,5,9,16-17,19-20,22,24-26,28H2,1-4H3,(H,41,47)/t33-,38?/m1/s1.